The Morgan fingerprint density at radius 1 is 1.21 bits per heavy atom. The number of nitrogens with zero attached hydrogens (tertiary/aromatic N) is 4. The number of fused-ring (bicyclic) bond motifs is 1. The van der Waals surface area contributed by atoms with Gasteiger partial charge in [-0.05, 0) is 60.3 Å². The Hall–Kier alpha value is -1.77. The molecule has 3 N–H and O–H groups in total. The molecule has 3 heterocycles. The average molecular weight is 462 g/mol. The largest absolute Gasteiger partial charge is 0.389 e. The minimum Gasteiger partial charge on any atom is -0.389 e. The second-order valence-corrected chi connectivity index (χ2v) is 10.4. The molecule has 1 saturated heterocycles. The topological polar surface area (TPSA) is 89.3 Å². The first-order valence-electron chi connectivity index (χ1n) is 9.34. The van der Waals surface area contributed by atoms with Crippen molar-refractivity contribution in [3.63, 3.8) is 0 Å². The number of benzene rings is 1. The molecule has 0 amide bonds. The van der Waals surface area contributed by atoms with E-state index in [1.165, 1.54) is 30.7 Å². The van der Waals surface area contributed by atoms with E-state index in [9.17, 15) is 5.11 Å². The van der Waals surface area contributed by atoms with E-state index >= 15 is 0 Å². The number of nitrogens with two attached hydrogens (primary N) is 1. The Balaban J connectivity index is 1.82. The molecule has 1 aliphatic rings. The van der Waals surface area contributed by atoms with Crippen LogP contribution in [0.4, 0.5) is 11.5 Å². The van der Waals surface area contributed by atoms with E-state index in [-0.39, 0.29) is 10.7 Å². The van der Waals surface area contributed by atoms with Crippen LogP contribution in [0.1, 0.15) is 26.7 Å². The number of aliphatic hydroxyl groups is 1. The molecule has 0 atom stereocenters. The van der Waals surface area contributed by atoms with Crippen molar-refractivity contribution < 1.29 is 5.11 Å². The lowest BCUT2D eigenvalue weighted by atomic mass is 10.1. The molecule has 1 aliphatic heterocycles. The number of hydrogen-bond acceptors (Lipinski definition) is 5. The number of aromatic nitrogens is 3. The van der Waals surface area contributed by atoms with E-state index in [0.717, 1.165) is 26.8 Å². The minimum absolute atomic E-state index is 0.177. The van der Waals surface area contributed by atoms with Crippen LogP contribution in [0.15, 0.2) is 39.6 Å². The van der Waals surface area contributed by atoms with Gasteiger partial charge in [-0.1, -0.05) is 22.8 Å². The van der Waals surface area contributed by atoms with Crippen molar-refractivity contribution in [3.05, 3.63) is 35.2 Å². The lowest BCUT2D eigenvalue weighted by Crippen LogP contribution is -2.26. The van der Waals surface area contributed by atoms with Crippen molar-refractivity contribution in [2.45, 2.75) is 38.8 Å². The Labute approximate surface area is 175 Å². The number of hydrogen-bond donors (Lipinski definition) is 2. The van der Waals surface area contributed by atoms with Crippen LogP contribution in [0, 0.1) is 0 Å². The van der Waals surface area contributed by atoms with Crippen molar-refractivity contribution in [2.24, 2.45) is 4.36 Å². The number of anilines is 1. The van der Waals surface area contributed by atoms with Crippen molar-refractivity contribution in [3.8, 4) is 11.1 Å². The zero-order chi connectivity index (χ0) is 19.9. The first-order chi connectivity index (χ1) is 13.3. The monoisotopic (exact) mass is 461 g/mol. The van der Waals surface area contributed by atoms with Crippen molar-refractivity contribution in [1.82, 2.24) is 14.5 Å². The van der Waals surface area contributed by atoms with E-state index in [1.807, 2.05) is 4.57 Å². The summed E-state index contributed by atoms with van der Waals surface area (Å²) in [5.74, 6) is 2.86. The normalized spacial score (nSPS) is 15.4. The van der Waals surface area contributed by atoms with Gasteiger partial charge in [0.1, 0.15) is 17.8 Å². The van der Waals surface area contributed by atoms with Crippen molar-refractivity contribution >= 4 is 49.2 Å². The second kappa shape index (κ2) is 7.57. The van der Waals surface area contributed by atoms with E-state index in [0.29, 0.717) is 18.0 Å². The van der Waals surface area contributed by atoms with Gasteiger partial charge in [-0.25, -0.2) is 14.3 Å². The first kappa shape index (κ1) is 19.5. The van der Waals surface area contributed by atoms with Crippen LogP contribution in [-0.2, 0) is 17.2 Å². The molecule has 28 heavy (non-hydrogen) atoms. The van der Waals surface area contributed by atoms with Crippen LogP contribution in [0.5, 0.6) is 0 Å². The summed E-state index contributed by atoms with van der Waals surface area (Å²) in [6.45, 7) is 3.93. The third-order valence-corrected chi connectivity index (χ3v) is 7.56. The molecule has 148 valence electrons. The van der Waals surface area contributed by atoms with Crippen LogP contribution in [0.2, 0.25) is 0 Å². The minimum atomic E-state index is -0.892. The first-order valence-corrected chi connectivity index (χ1v) is 11.6. The van der Waals surface area contributed by atoms with E-state index in [4.69, 9.17) is 10.1 Å². The molecule has 4 rings (SSSR count). The number of rotatable bonds is 4. The molecular weight excluding hydrogens is 438 g/mol. The van der Waals surface area contributed by atoms with Gasteiger partial charge in [0.2, 0.25) is 0 Å². The van der Waals surface area contributed by atoms with Gasteiger partial charge in [0.25, 0.3) is 0 Å². The highest BCUT2D eigenvalue weighted by Gasteiger charge is 2.24. The summed E-state index contributed by atoms with van der Waals surface area (Å²) in [6.07, 6.45) is 4.04. The predicted octanol–water partition coefficient (Wildman–Crippen LogP) is 4.44. The highest BCUT2D eigenvalue weighted by atomic mass is 79.9. The summed E-state index contributed by atoms with van der Waals surface area (Å²) in [5.41, 5.74) is 9.00. The van der Waals surface area contributed by atoms with Crippen LogP contribution < -0.4 is 5.73 Å². The summed E-state index contributed by atoms with van der Waals surface area (Å²) >= 11 is 3.71. The highest BCUT2D eigenvalue weighted by Crippen LogP contribution is 2.40. The zero-order valence-corrected chi connectivity index (χ0v) is 18.4. The Morgan fingerprint density at radius 2 is 1.89 bits per heavy atom. The van der Waals surface area contributed by atoms with Gasteiger partial charge in [0, 0.05) is 17.1 Å². The fourth-order valence-corrected chi connectivity index (χ4v) is 6.13. The average Bonchev–Trinajstić information content (AvgIpc) is 3.23. The van der Waals surface area contributed by atoms with Gasteiger partial charge < -0.3 is 15.4 Å². The molecule has 2 aromatic heterocycles. The fraction of sp³-hybridized carbons (Fsp3) is 0.400. The number of nitrogen functional groups attached to an aromatic ring is 1. The molecule has 6 nitrogen and oxygen atoms in total. The SMILES string of the molecule is CC(C)(O)Cn1c(Br)c(-c2ccc(N=S3CCCC3)cc2)c2c(N)ncnc21. The molecule has 1 fully saturated rings. The third-order valence-electron chi connectivity index (χ3n) is 4.75. The van der Waals surface area contributed by atoms with Gasteiger partial charge in [-0.15, -0.1) is 0 Å². The predicted molar refractivity (Wildman–Crippen MR) is 120 cm³/mol. The summed E-state index contributed by atoms with van der Waals surface area (Å²) in [4.78, 5) is 8.62. The molecule has 0 unspecified atom stereocenters. The molecule has 8 heteroatoms. The lowest BCUT2D eigenvalue weighted by molar-refractivity contribution is 0.0621. The molecule has 0 spiro atoms. The second-order valence-electron chi connectivity index (χ2n) is 7.74. The molecule has 0 saturated carbocycles. The maximum Gasteiger partial charge on any atom is 0.147 e. The van der Waals surface area contributed by atoms with Gasteiger partial charge in [0.15, 0.2) is 0 Å². The van der Waals surface area contributed by atoms with Crippen LogP contribution >= 0.6 is 15.9 Å². The summed E-state index contributed by atoms with van der Waals surface area (Å²) in [7, 11) is 0.177. The highest BCUT2D eigenvalue weighted by molar-refractivity contribution is 9.10. The quantitative estimate of drug-likeness (QED) is 0.600. The molecule has 3 aromatic rings. The number of halogens is 1. The fourth-order valence-electron chi connectivity index (χ4n) is 3.53. The molecular formula is C20H24BrN5OS. The Kier molecular flexibility index (Phi) is 5.28. The van der Waals surface area contributed by atoms with Crippen LogP contribution in [0.25, 0.3) is 22.2 Å². The van der Waals surface area contributed by atoms with Crippen molar-refractivity contribution in [2.75, 3.05) is 17.2 Å². The van der Waals surface area contributed by atoms with E-state index < -0.39 is 5.60 Å². The van der Waals surface area contributed by atoms with Gasteiger partial charge in [-0.3, -0.25) is 0 Å². The smallest absolute Gasteiger partial charge is 0.147 e. The lowest BCUT2D eigenvalue weighted by Gasteiger charge is -2.19. The third kappa shape index (κ3) is 3.86. The van der Waals surface area contributed by atoms with Gasteiger partial charge >= 0.3 is 0 Å². The summed E-state index contributed by atoms with van der Waals surface area (Å²) in [6, 6.07) is 8.26. The van der Waals surface area contributed by atoms with Crippen molar-refractivity contribution in [1.29, 1.82) is 0 Å². The molecule has 0 aliphatic carbocycles. The maximum absolute atomic E-state index is 10.3. The Bertz CT molecular complexity index is 1050. The van der Waals surface area contributed by atoms with Crippen LogP contribution in [-0.4, -0.2) is 36.7 Å². The Morgan fingerprint density at radius 3 is 2.54 bits per heavy atom. The van der Waals surface area contributed by atoms with Gasteiger partial charge in [-0.2, -0.15) is 0 Å². The van der Waals surface area contributed by atoms with E-state index in [1.54, 1.807) is 13.8 Å². The summed E-state index contributed by atoms with van der Waals surface area (Å²) in [5, 5.41) is 11.1. The summed E-state index contributed by atoms with van der Waals surface area (Å²) < 4.78 is 7.66. The standard InChI is InChI=1S/C20H24BrN5OS/c1-20(2,27)11-26-17(21)15(16-18(22)23-12-24-19(16)26)13-5-7-14(8-6-13)25-28-9-3-4-10-28/h5-8,12,27H,3-4,9-11H2,1-2H3,(H2,22,23,24). The molecule has 0 bridgehead atoms. The molecule has 0 radical (unpaired) electrons. The zero-order valence-electron chi connectivity index (χ0n) is 16.0. The maximum atomic E-state index is 10.3. The van der Waals surface area contributed by atoms with Gasteiger partial charge in [0.05, 0.1) is 27.8 Å². The van der Waals surface area contributed by atoms with Crippen LogP contribution in [0.3, 0.4) is 0 Å². The molecule has 1 aromatic carbocycles. The van der Waals surface area contributed by atoms with E-state index in [2.05, 4.69) is 50.2 Å².